The van der Waals surface area contributed by atoms with Gasteiger partial charge in [0.1, 0.15) is 23.0 Å². The van der Waals surface area contributed by atoms with Gasteiger partial charge in [0.05, 0.1) is 11.1 Å². The van der Waals surface area contributed by atoms with Gasteiger partial charge in [-0.25, -0.2) is 4.79 Å². The second-order valence-electron chi connectivity index (χ2n) is 6.51. The van der Waals surface area contributed by atoms with Crippen molar-refractivity contribution < 1.29 is 24.5 Å². The van der Waals surface area contributed by atoms with E-state index in [2.05, 4.69) is 15.9 Å². The van der Waals surface area contributed by atoms with E-state index in [0.29, 0.717) is 39.1 Å². The van der Waals surface area contributed by atoms with Crippen LogP contribution in [0.25, 0.3) is 0 Å². The van der Waals surface area contributed by atoms with E-state index in [4.69, 9.17) is 9.47 Å². The molecule has 1 spiro atoms. The topological polar surface area (TPSA) is 76.0 Å². The average Bonchev–Trinajstić information content (AvgIpc) is 2.94. The summed E-state index contributed by atoms with van der Waals surface area (Å²) in [6, 6.07) is 15.1. The van der Waals surface area contributed by atoms with Gasteiger partial charge in [-0.05, 0) is 29.8 Å². The largest absolute Gasteiger partial charge is 0.508 e. The number of halogens is 1. The lowest BCUT2D eigenvalue weighted by Gasteiger charge is -2.37. The van der Waals surface area contributed by atoms with Crippen LogP contribution in [-0.4, -0.2) is 16.2 Å². The predicted molar refractivity (Wildman–Crippen MR) is 101 cm³/mol. The summed E-state index contributed by atoms with van der Waals surface area (Å²) in [6.45, 7) is 0. The predicted octanol–water partition coefficient (Wildman–Crippen LogP) is 4.56. The third-order valence-electron chi connectivity index (χ3n) is 5.00. The summed E-state index contributed by atoms with van der Waals surface area (Å²) in [6.07, 6.45) is 0. The molecule has 0 saturated heterocycles. The molecule has 2 aliphatic heterocycles. The van der Waals surface area contributed by atoms with Crippen LogP contribution in [-0.2, 0) is 15.7 Å². The van der Waals surface area contributed by atoms with Gasteiger partial charge in [-0.2, -0.15) is 0 Å². The van der Waals surface area contributed by atoms with E-state index in [1.165, 1.54) is 18.2 Å². The van der Waals surface area contributed by atoms with Crippen LogP contribution in [0.15, 0.2) is 54.6 Å². The minimum atomic E-state index is -1.21. The Labute approximate surface area is 162 Å². The number of alkyl halides is 1. The van der Waals surface area contributed by atoms with Crippen LogP contribution >= 0.6 is 15.9 Å². The first-order chi connectivity index (χ1) is 13.0. The molecule has 1 atom stereocenters. The number of carbonyl (C=O) groups is 1. The molecule has 0 aliphatic carbocycles. The number of phenols is 2. The standard InChI is InChI=1S/C21H13BrO5/c22-10-11-7-13(24)9-18-19(11)21(16-6-5-12(23)8-17(16)26-18)15-4-2-1-3-14(15)20(25)27-21/h1-9,23-24H,10H2. The van der Waals surface area contributed by atoms with Crippen LogP contribution in [0.3, 0.4) is 0 Å². The molecule has 5 rings (SSSR count). The van der Waals surface area contributed by atoms with Crippen molar-refractivity contribution in [2.45, 2.75) is 10.9 Å². The van der Waals surface area contributed by atoms with Crippen molar-refractivity contribution in [3.8, 4) is 23.0 Å². The Morgan fingerprint density at radius 1 is 0.926 bits per heavy atom. The van der Waals surface area contributed by atoms with E-state index in [-0.39, 0.29) is 11.5 Å². The van der Waals surface area contributed by atoms with Gasteiger partial charge in [0.25, 0.3) is 0 Å². The lowest BCUT2D eigenvalue weighted by atomic mass is 9.76. The zero-order chi connectivity index (χ0) is 18.8. The first-order valence-electron chi connectivity index (χ1n) is 8.31. The molecule has 0 fully saturated rings. The third-order valence-corrected chi connectivity index (χ3v) is 5.61. The van der Waals surface area contributed by atoms with Crippen molar-refractivity contribution in [3.05, 3.63) is 82.4 Å². The molecule has 134 valence electrons. The molecule has 2 aliphatic rings. The molecule has 0 bridgehead atoms. The van der Waals surface area contributed by atoms with Crippen LogP contribution in [0.1, 0.15) is 32.6 Å². The Hall–Kier alpha value is -2.99. The van der Waals surface area contributed by atoms with E-state index in [1.807, 2.05) is 12.1 Å². The molecule has 3 aromatic rings. The van der Waals surface area contributed by atoms with Crippen molar-refractivity contribution >= 4 is 21.9 Å². The second-order valence-corrected chi connectivity index (χ2v) is 7.07. The van der Waals surface area contributed by atoms with Gasteiger partial charge >= 0.3 is 5.97 Å². The van der Waals surface area contributed by atoms with Gasteiger partial charge < -0.3 is 19.7 Å². The van der Waals surface area contributed by atoms with Gasteiger partial charge in [-0.1, -0.05) is 34.1 Å². The van der Waals surface area contributed by atoms with Crippen molar-refractivity contribution in [1.29, 1.82) is 0 Å². The molecule has 2 N–H and O–H groups in total. The molecule has 0 aromatic heterocycles. The minimum Gasteiger partial charge on any atom is -0.508 e. The van der Waals surface area contributed by atoms with Crippen LogP contribution in [0, 0.1) is 0 Å². The Morgan fingerprint density at radius 3 is 2.52 bits per heavy atom. The number of fused-ring (bicyclic) bond motifs is 6. The van der Waals surface area contributed by atoms with Crippen LogP contribution < -0.4 is 4.74 Å². The number of ether oxygens (including phenoxy) is 2. The monoisotopic (exact) mass is 424 g/mol. The number of hydrogen-bond acceptors (Lipinski definition) is 5. The molecule has 0 radical (unpaired) electrons. The van der Waals surface area contributed by atoms with E-state index >= 15 is 0 Å². The summed E-state index contributed by atoms with van der Waals surface area (Å²) < 4.78 is 12.0. The average molecular weight is 425 g/mol. The zero-order valence-corrected chi connectivity index (χ0v) is 15.5. The SMILES string of the molecule is O=C1OC2(c3ccc(O)cc3Oc3cc(O)cc(CBr)c32)c2ccccc21. The fourth-order valence-electron chi connectivity index (χ4n) is 3.98. The molecule has 3 aromatic carbocycles. The number of rotatable bonds is 1. The Bertz CT molecular complexity index is 1120. The highest BCUT2D eigenvalue weighted by Crippen LogP contribution is 2.58. The molecule has 1 unspecified atom stereocenters. The summed E-state index contributed by atoms with van der Waals surface area (Å²) in [5.74, 6) is 0.404. The smallest absolute Gasteiger partial charge is 0.340 e. The van der Waals surface area contributed by atoms with Crippen molar-refractivity contribution in [2.75, 3.05) is 0 Å². The summed E-state index contributed by atoms with van der Waals surface area (Å²) >= 11 is 3.46. The molecule has 6 heteroatoms. The maximum Gasteiger partial charge on any atom is 0.340 e. The fourth-order valence-corrected chi connectivity index (χ4v) is 4.43. The summed E-state index contributed by atoms with van der Waals surface area (Å²) in [5, 5.41) is 20.5. The van der Waals surface area contributed by atoms with Crippen molar-refractivity contribution in [3.63, 3.8) is 0 Å². The van der Waals surface area contributed by atoms with Crippen molar-refractivity contribution in [1.82, 2.24) is 0 Å². The highest BCUT2D eigenvalue weighted by Gasteiger charge is 2.54. The molecular formula is C21H13BrO5. The maximum atomic E-state index is 12.7. The van der Waals surface area contributed by atoms with Gasteiger partial charge in [0, 0.05) is 28.6 Å². The Morgan fingerprint density at radius 2 is 1.70 bits per heavy atom. The number of aromatic hydroxyl groups is 2. The molecule has 2 heterocycles. The third kappa shape index (κ3) is 2.07. The lowest BCUT2D eigenvalue weighted by molar-refractivity contribution is 0.0222. The number of esters is 1. The van der Waals surface area contributed by atoms with Gasteiger partial charge in [0.2, 0.25) is 0 Å². The first-order valence-corrected chi connectivity index (χ1v) is 9.43. The van der Waals surface area contributed by atoms with E-state index in [9.17, 15) is 15.0 Å². The highest BCUT2D eigenvalue weighted by molar-refractivity contribution is 9.08. The molecule has 27 heavy (non-hydrogen) atoms. The van der Waals surface area contributed by atoms with Crippen LogP contribution in [0.4, 0.5) is 0 Å². The second kappa shape index (κ2) is 5.50. The van der Waals surface area contributed by atoms with Gasteiger partial charge in [-0.3, -0.25) is 0 Å². The zero-order valence-electron chi connectivity index (χ0n) is 13.9. The summed E-state index contributed by atoms with van der Waals surface area (Å²) in [7, 11) is 0. The Balaban J connectivity index is 1.94. The quantitative estimate of drug-likeness (QED) is 0.442. The number of benzene rings is 3. The summed E-state index contributed by atoms with van der Waals surface area (Å²) in [4.78, 5) is 12.7. The fraction of sp³-hybridized carbons (Fsp3) is 0.0952. The number of phenolic OH excluding ortho intramolecular Hbond substituents is 2. The summed E-state index contributed by atoms with van der Waals surface area (Å²) in [5.41, 5.74) is 2.01. The molecular weight excluding hydrogens is 412 g/mol. The lowest BCUT2D eigenvalue weighted by Crippen LogP contribution is -2.34. The molecule has 5 nitrogen and oxygen atoms in total. The molecule has 0 saturated carbocycles. The van der Waals surface area contributed by atoms with Gasteiger partial charge in [-0.15, -0.1) is 0 Å². The van der Waals surface area contributed by atoms with Crippen molar-refractivity contribution in [2.24, 2.45) is 0 Å². The Kier molecular flexibility index (Phi) is 3.30. The van der Waals surface area contributed by atoms with Gasteiger partial charge in [0.15, 0.2) is 5.60 Å². The minimum absolute atomic E-state index is 0.0332. The normalized spacial score (nSPS) is 19.1. The maximum absolute atomic E-state index is 12.7. The number of carbonyl (C=O) groups excluding carboxylic acids is 1. The van der Waals surface area contributed by atoms with E-state index in [1.54, 1.807) is 24.3 Å². The van der Waals surface area contributed by atoms with E-state index < -0.39 is 11.6 Å². The first kappa shape index (κ1) is 16.2. The van der Waals surface area contributed by atoms with Crippen LogP contribution in [0.2, 0.25) is 0 Å². The molecule has 0 amide bonds. The van der Waals surface area contributed by atoms with E-state index in [0.717, 1.165) is 5.56 Å². The van der Waals surface area contributed by atoms with Crippen LogP contribution in [0.5, 0.6) is 23.0 Å². The highest BCUT2D eigenvalue weighted by atomic mass is 79.9. The number of hydrogen-bond donors (Lipinski definition) is 2.